The number of nitrogens with one attached hydrogen (secondary N) is 1. The fourth-order valence-corrected chi connectivity index (χ4v) is 5.25. The Hall–Kier alpha value is -3.72. The number of fused-ring (bicyclic) bond motifs is 1. The summed E-state index contributed by atoms with van der Waals surface area (Å²) < 4.78 is 96.7. The molecular weight excluding hydrogens is 582 g/mol. The van der Waals surface area contributed by atoms with Crippen LogP contribution in [0.15, 0.2) is 24.3 Å². The van der Waals surface area contributed by atoms with Gasteiger partial charge in [0.05, 0.1) is 47.6 Å². The normalized spacial score (nSPS) is 17.2. The van der Waals surface area contributed by atoms with E-state index in [0.717, 1.165) is 13.2 Å². The second kappa shape index (κ2) is 11.8. The first kappa shape index (κ1) is 30.7. The van der Waals surface area contributed by atoms with Gasteiger partial charge in [0.2, 0.25) is 5.91 Å². The number of carbonyl (C=O) groups excluding carboxylic acids is 1. The summed E-state index contributed by atoms with van der Waals surface area (Å²) in [6, 6.07) is 3.94. The van der Waals surface area contributed by atoms with Gasteiger partial charge in [0.1, 0.15) is 12.4 Å². The van der Waals surface area contributed by atoms with Gasteiger partial charge in [-0.15, -0.1) is 5.10 Å². The number of hydrogen-bond donors (Lipinski definition) is 1. The van der Waals surface area contributed by atoms with Crippen LogP contribution in [-0.2, 0) is 26.4 Å². The Labute approximate surface area is 243 Å². The quantitative estimate of drug-likeness (QED) is 0.367. The molecule has 1 amide bonds. The van der Waals surface area contributed by atoms with Crippen LogP contribution >= 0.6 is 0 Å². The van der Waals surface area contributed by atoms with Crippen molar-refractivity contribution in [3.05, 3.63) is 52.6 Å². The minimum absolute atomic E-state index is 0.00262. The van der Waals surface area contributed by atoms with Crippen molar-refractivity contribution in [1.29, 1.82) is 0 Å². The van der Waals surface area contributed by atoms with Crippen LogP contribution in [-0.4, -0.2) is 79.1 Å². The number of methoxy groups -OCH3 is 1. The zero-order valence-corrected chi connectivity index (χ0v) is 23.6. The molecule has 0 unspecified atom stereocenters. The van der Waals surface area contributed by atoms with E-state index < -0.39 is 41.8 Å². The van der Waals surface area contributed by atoms with Crippen molar-refractivity contribution in [2.75, 3.05) is 63.3 Å². The molecule has 1 aromatic carbocycles. The second-order valence-corrected chi connectivity index (χ2v) is 10.6. The molecule has 43 heavy (non-hydrogen) atoms. The molecule has 0 spiro atoms. The topological polar surface area (TPSA) is 92.7 Å². The van der Waals surface area contributed by atoms with Gasteiger partial charge >= 0.3 is 6.18 Å². The number of anilines is 2. The number of halogens is 6. The fraction of sp³-hybridized carbons (Fsp3) is 0.500. The van der Waals surface area contributed by atoms with Crippen molar-refractivity contribution in [3.63, 3.8) is 0 Å². The molecule has 232 valence electrons. The first-order valence-corrected chi connectivity index (χ1v) is 13.6. The molecular formula is C28H30F6N6O3. The summed E-state index contributed by atoms with van der Waals surface area (Å²) in [5.74, 6) is -5.04. The van der Waals surface area contributed by atoms with Crippen LogP contribution in [0.3, 0.4) is 0 Å². The molecule has 0 radical (unpaired) electrons. The van der Waals surface area contributed by atoms with Gasteiger partial charge in [-0.25, -0.2) is 9.37 Å². The van der Waals surface area contributed by atoms with Crippen molar-refractivity contribution in [2.45, 2.75) is 32.0 Å². The van der Waals surface area contributed by atoms with Crippen LogP contribution < -0.4 is 10.2 Å². The molecule has 2 saturated heterocycles. The number of rotatable bonds is 8. The van der Waals surface area contributed by atoms with Crippen molar-refractivity contribution in [3.8, 4) is 0 Å². The van der Waals surface area contributed by atoms with E-state index in [2.05, 4.69) is 25.2 Å². The summed E-state index contributed by atoms with van der Waals surface area (Å²) in [6.45, 7) is 3.36. The Balaban J connectivity index is 1.49. The van der Waals surface area contributed by atoms with E-state index in [1.165, 1.54) is 36.9 Å². The smallest absolute Gasteiger partial charge is 0.380 e. The third-order valence-electron chi connectivity index (χ3n) is 7.66. The molecule has 0 aliphatic carbocycles. The van der Waals surface area contributed by atoms with Crippen molar-refractivity contribution in [2.24, 2.45) is 5.92 Å². The highest BCUT2D eigenvalue weighted by atomic mass is 19.4. The largest absolute Gasteiger partial charge is 0.435 e. The van der Waals surface area contributed by atoms with Crippen molar-refractivity contribution < 1.29 is 40.6 Å². The Kier molecular flexibility index (Phi) is 8.40. The molecule has 0 saturated carbocycles. The number of ether oxygens (including phenoxy) is 2. The molecule has 15 heteroatoms. The lowest BCUT2D eigenvalue weighted by atomic mass is 10.00. The van der Waals surface area contributed by atoms with E-state index in [4.69, 9.17) is 4.74 Å². The lowest BCUT2D eigenvalue weighted by Crippen LogP contribution is -2.53. The van der Waals surface area contributed by atoms with Gasteiger partial charge in [-0.3, -0.25) is 4.79 Å². The van der Waals surface area contributed by atoms with E-state index in [-0.39, 0.29) is 71.7 Å². The number of piperazine rings is 1. The number of nitrogens with zero attached hydrogens (tertiary/aromatic N) is 5. The highest BCUT2D eigenvalue weighted by Crippen LogP contribution is 2.40. The van der Waals surface area contributed by atoms with Gasteiger partial charge in [0, 0.05) is 44.2 Å². The number of aromatic nitrogens is 3. The maximum atomic E-state index is 15.3. The van der Waals surface area contributed by atoms with E-state index >= 15 is 4.39 Å². The Bertz CT molecular complexity index is 1510. The Morgan fingerprint density at radius 1 is 1.14 bits per heavy atom. The minimum Gasteiger partial charge on any atom is -0.380 e. The summed E-state index contributed by atoms with van der Waals surface area (Å²) in [7, 11) is 1.08. The Morgan fingerprint density at radius 2 is 1.84 bits per heavy atom. The van der Waals surface area contributed by atoms with Crippen molar-refractivity contribution >= 4 is 28.3 Å². The third-order valence-corrected chi connectivity index (χ3v) is 7.66. The summed E-state index contributed by atoms with van der Waals surface area (Å²) in [6.07, 6.45) is -4.80. The molecule has 4 heterocycles. The van der Waals surface area contributed by atoms with Crippen LogP contribution in [0.4, 0.5) is 37.8 Å². The predicted molar refractivity (Wildman–Crippen MR) is 144 cm³/mol. The molecule has 2 aromatic heterocycles. The molecule has 1 N–H and O–H groups in total. The summed E-state index contributed by atoms with van der Waals surface area (Å²) in [5.41, 5.74) is -2.20. The maximum absolute atomic E-state index is 15.3. The zero-order chi connectivity index (χ0) is 31.1. The highest BCUT2D eigenvalue weighted by Gasteiger charge is 2.40. The van der Waals surface area contributed by atoms with Crippen LogP contribution in [0.25, 0.3) is 10.9 Å². The maximum Gasteiger partial charge on any atom is 0.435 e. The summed E-state index contributed by atoms with van der Waals surface area (Å²) in [4.78, 5) is 19.7. The SMILES string of the molecule is COCC(F)(F)c1cccc([C@@H](C)Nc2nnc(C)c3nc(C(F)(F)F)c(N4CCN(C(=O)C5COC5)CC4)cc23)c1F. The van der Waals surface area contributed by atoms with Gasteiger partial charge in [-0.2, -0.15) is 27.1 Å². The number of hydrogen-bond acceptors (Lipinski definition) is 8. The number of pyridine rings is 1. The molecule has 9 nitrogen and oxygen atoms in total. The van der Waals surface area contributed by atoms with E-state index in [1.54, 1.807) is 4.90 Å². The number of alkyl halides is 5. The first-order chi connectivity index (χ1) is 20.3. The zero-order valence-electron chi connectivity index (χ0n) is 23.6. The summed E-state index contributed by atoms with van der Waals surface area (Å²) >= 11 is 0. The van der Waals surface area contributed by atoms with E-state index in [0.29, 0.717) is 13.2 Å². The van der Waals surface area contributed by atoms with Gasteiger partial charge in [-0.05, 0) is 26.0 Å². The molecule has 1 atom stereocenters. The van der Waals surface area contributed by atoms with Gasteiger partial charge < -0.3 is 24.6 Å². The average molecular weight is 613 g/mol. The third kappa shape index (κ3) is 6.05. The number of carbonyl (C=O) groups is 1. The minimum atomic E-state index is -4.80. The van der Waals surface area contributed by atoms with Gasteiger partial charge in [0.15, 0.2) is 11.5 Å². The number of amides is 1. The van der Waals surface area contributed by atoms with Crippen LogP contribution in [0, 0.1) is 18.7 Å². The first-order valence-electron chi connectivity index (χ1n) is 13.6. The monoisotopic (exact) mass is 612 g/mol. The lowest BCUT2D eigenvalue weighted by molar-refractivity contribution is -0.150. The molecule has 0 bridgehead atoms. The van der Waals surface area contributed by atoms with Gasteiger partial charge in [0.25, 0.3) is 5.92 Å². The number of benzene rings is 1. The lowest BCUT2D eigenvalue weighted by Gasteiger charge is -2.39. The second-order valence-electron chi connectivity index (χ2n) is 10.6. The molecule has 3 aromatic rings. The van der Waals surface area contributed by atoms with Crippen LogP contribution in [0.2, 0.25) is 0 Å². The van der Waals surface area contributed by atoms with Crippen LogP contribution in [0.5, 0.6) is 0 Å². The molecule has 2 aliphatic rings. The molecule has 2 aliphatic heterocycles. The predicted octanol–water partition coefficient (Wildman–Crippen LogP) is 4.70. The standard InChI is InChI=1S/C28H30F6N6O3/c1-15(18-5-4-6-20(22(18)29)27(30,31)14-42-3)35-25-19-11-21(24(28(32,33)34)36-23(19)16(2)37-38-25)39-7-9-40(10-8-39)26(41)17-12-43-13-17/h4-6,11,15,17H,7-10,12-14H2,1-3H3,(H,35,38)/t15-/m1/s1. The van der Waals surface area contributed by atoms with E-state index in [1.807, 2.05) is 0 Å². The van der Waals surface area contributed by atoms with Crippen LogP contribution in [0.1, 0.15) is 35.5 Å². The average Bonchev–Trinajstić information content (AvgIpc) is 2.92. The van der Waals surface area contributed by atoms with Crippen molar-refractivity contribution in [1.82, 2.24) is 20.1 Å². The van der Waals surface area contributed by atoms with E-state index in [9.17, 15) is 26.7 Å². The number of aryl methyl sites for hydroxylation is 1. The fourth-order valence-electron chi connectivity index (χ4n) is 5.25. The molecule has 2 fully saturated rings. The summed E-state index contributed by atoms with van der Waals surface area (Å²) in [5, 5.41) is 11.1. The Morgan fingerprint density at radius 3 is 2.44 bits per heavy atom. The molecule has 5 rings (SSSR count). The van der Waals surface area contributed by atoms with Gasteiger partial charge in [-0.1, -0.05) is 12.1 Å². The highest BCUT2D eigenvalue weighted by molar-refractivity contribution is 5.93.